The van der Waals surface area contributed by atoms with Gasteiger partial charge in [-0.15, -0.1) is 0 Å². The molecule has 0 N–H and O–H groups in total. The third-order valence-electron chi connectivity index (χ3n) is 4.52. The van der Waals surface area contributed by atoms with Crippen LogP contribution >= 0.6 is 0 Å². The Morgan fingerprint density at radius 2 is 1.74 bits per heavy atom. The highest BCUT2D eigenvalue weighted by Crippen LogP contribution is 2.48. The van der Waals surface area contributed by atoms with E-state index in [9.17, 15) is 13.6 Å². The fourth-order valence-corrected chi connectivity index (χ4v) is 3.22. The maximum atomic E-state index is 13.8. The molecule has 0 fully saturated rings. The van der Waals surface area contributed by atoms with Crippen LogP contribution in [0.4, 0.5) is 8.78 Å². The third kappa shape index (κ3) is 2.21. The molecule has 118 valence electrons. The van der Waals surface area contributed by atoms with Crippen molar-refractivity contribution in [1.29, 1.82) is 0 Å². The Bertz CT molecular complexity index is 826. The van der Waals surface area contributed by atoms with Crippen LogP contribution in [0.1, 0.15) is 34.0 Å². The predicted molar refractivity (Wildman–Crippen MR) is 84.2 cm³/mol. The van der Waals surface area contributed by atoms with Crippen molar-refractivity contribution in [2.24, 2.45) is 0 Å². The first kappa shape index (κ1) is 15.6. The van der Waals surface area contributed by atoms with E-state index < -0.39 is 17.0 Å². The van der Waals surface area contributed by atoms with Gasteiger partial charge in [0.15, 0.2) is 5.78 Å². The molecule has 1 unspecified atom stereocenters. The van der Waals surface area contributed by atoms with Gasteiger partial charge in [0.05, 0.1) is 12.0 Å². The second kappa shape index (κ2) is 5.39. The summed E-state index contributed by atoms with van der Waals surface area (Å²) in [6.07, 6.45) is 0. The summed E-state index contributed by atoms with van der Waals surface area (Å²) in [5, 5.41) is 0. The van der Waals surface area contributed by atoms with Crippen LogP contribution in [0.3, 0.4) is 0 Å². The van der Waals surface area contributed by atoms with Crippen molar-refractivity contribution in [3.8, 4) is 0 Å². The minimum atomic E-state index is -1.13. The number of allylic oxidation sites excluding steroid dienone is 1. The molecule has 4 heteroatoms. The Hall–Kier alpha value is -2.33. The van der Waals surface area contributed by atoms with Gasteiger partial charge in [-0.2, -0.15) is 0 Å². The van der Waals surface area contributed by atoms with Gasteiger partial charge in [-0.25, -0.2) is 8.78 Å². The zero-order chi connectivity index (χ0) is 16.8. The number of halogens is 2. The molecule has 1 atom stereocenters. The van der Waals surface area contributed by atoms with Crippen molar-refractivity contribution < 1.29 is 18.3 Å². The lowest BCUT2D eigenvalue weighted by Gasteiger charge is -2.27. The van der Waals surface area contributed by atoms with Crippen LogP contribution in [0.5, 0.6) is 0 Å². The lowest BCUT2D eigenvalue weighted by Crippen LogP contribution is -2.30. The molecular formula is C19H16F2O2. The average molecular weight is 314 g/mol. The van der Waals surface area contributed by atoms with Gasteiger partial charge in [-0.1, -0.05) is 12.6 Å². The van der Waals surface area contributed by atoms with Crippen LogP contribution in [-0.2, 0) is 16.8 Å². The minimum absolute atomic E-state index is 0.208. The Balaban J connectivity index is 2.23. The highest BCUT2D eigenvalue weighted by molar-refractivity contribution is 6.20. The second-order valence-corrected chi connectivity index (χ2v) is 5.86. The lowest BCUT2D eigenvalue weighted by molar-refractivity contribution is 0.0940. The summed E-state index contributed by atoms with van der Waals surface area (Å²) in [6, 6.07) is 8.27. The fraction of sp³-hybridized carbons (Fsp3) is 0.211. The number of hydrogen-bond donors (Lipinski definition) is 0. The zero-order valence-corrected chi connectivity index (χ0v) is 13.0. The van der Waals surface area contributed by atoms with Gasteiger partial charge < -0.3 is 4.74 Å². The summed E-state index contributed by atoms with van der Waals surface area (Å²) >= 11 is 0. The van der Waals surface area contributed by atoms with Crippen molar-refractivity contribution >= 4 is 11.4 Å². The Labute approximate surface area is 133 Å². The number of hydrogen-bond acceptors (Lipinski definition) is 2. The number of rotatable bonds is 3. The fourth-order valence-electron chi connectivity index (χ4n) is 3.22. The molecular weight excluding hydrogens is 298 g/mol. The monoisotopic (exact) mass is 314 g/mol. The van der Waals surface area contributed by atoms with E-state index in [0.29, 0.717) is 27.8 Å². The van der Waals surface area contributed by atoms with Crippen molar-refractivity contribution in [2.75, 3.05) is 7.11 Å². The third-order valence-corrected chi connectivity index (χ3v) is 4.52. The van der Waals surface area contributed by atoms with Gasteiger partial charge in [0.2, 0.25) is 0 Å². The topological polar surface area (TPSA) is 26.3 Å². The van der Waals surface area contributed by atoms with Gasteiger partial charge in [0.25, 0.3) is 0 Å². The number of carbonyl (C=O) groups is 1. The van der Waals surface area contributed by atoms with Crippen molar-refractivity contribution in [1.82, 2.24) is 0 Å². The Kier molecular flexibility index (Phi) is 3.65. The number of fused-ring (bicyclic) bond motifs is 1. The molecule has 1 aliphatic carbocycles. The summed E-state index contributed by atoms with van der Waals surface area (Å²) in [4.78, 5) is 13.0. The summed E-state index contributed by atoms with van der Waals surface area (Å²) < 4.78 is 32.5. The number of carbonyl (C=O) groups excluding carboxylic acids is 1. The molecule has 0 heterocycles. The minimum Gasteiger partial charge on any atom is -0.380 e. The molecule has 0 amide bonds. The van der Waals surface area contributed by atoms with Crippen molar-refractivity contribution in [2.45, 2.75) is 18.9 Å². The van der Waals surface area contributed by atoms with Crippen LogP contribution in [0, 0.1) is 11.6 Å². The van der Waals surface area contributed by atoms with Crippen LogP contribution in [0.2, 0.25) is 0 Å². The summed E-state index contributed by atoms with van der Waals surface area (Å²) in [7, 11) is 1.53. The quantitative estimate of drug-likeness (QED) is 0.845. The van der Waals surface area contributed by atoms with Crippen molar-refractivity contribution in [3.63, 3.8) is 0 Å². The van der Waals surface area contributed by atoms with Gasteiger partial charge in [0, 0.05) is 12.7 Å². The highest BCUT2D eigenvalue weighted by atomic mass is 19.1. The van der Waals surface area contributed by atoms with Crippen LogP contribution < -0.4 is 0 Å². The lowest BCUT2D eigenvalue weighted by atomic mass is 9.74. The van der Waals surface area contributed by atoms with E-state index in [4.69, 9.17) is 4.74 Å². The molecule has 3 rings (SSSR count). The molecule has 23 heavy (non-hydrogen) atoms. The maximum absolute atomic E-state index is 13.8. The van der Waals surface area contributed by atoms with E-state index >= 15 is 0 Å². The molecule has 2 nitrogen and oxygen atoms in total. The smallest absolute Gasteiger partial charge is 0.178 e. The van der Waals surface area contributed by atoms with Crippen LogP contribution in [-0.4, -0.2) is 12.9 Å². The normalized spacial score (nSPS) is 20.0. The first-order chi connectivity index (χ1) is 10.9. The molecule has 0 saturated heterocycles. The molecule has 0 radical (unpaired) electrons. The van der Waals surface area contributed by atoms with Crippen LogP contribution in [0.15, 0.2) is 43.0 Å². The summed E-state index contributed by atoms with van der Waals surface area (Å²) in [5.41, 5.74) is 1.44. The van der Waals surface area contributed by atoms with E-state index in [1.165, 1.54) is 37.4 Å². The molecule has 2 aromatic carbocycles. The van der Waals surface area contributed by atoms with E-state index in [1.54, 1.807) is 13.0 Å². The SMILES string of the molecule is C=C1c2cc(F)ccc2C(=O)C1(C)c1cc(F)ccc1COC. The van der Waals surface area contributed by atoms with Crippen molar-refractivity contribution in [3.05, 3.63) is 76.9 Å². The standard InChI is InChI=1S/C19H16F2O2/c1-11-16-8-13(20)6-7-15(16)18(22)19(11,2)17-9-14(21)5-4-12(17)10-23-3/h4-9H,1,10H2,2-3H3. The molecule has 0 saturated carbocycles. The zero-order valence-electron chi connectivity index (χ0n) is 13.0. The number of ether oxygens (including phenoxy) is 1. The second-order valence-electron chi connectivity index (χ2n) is 5.86. The maximum Gasteiger partial charge on any atom is 0.178 e. The molecule has 0 bridgehead atoms. The molecule has 1 aliphatic rings. The van der Waals surface area contributed by atoms with Gasteiger partial charge >= 0.3 is 0 Å². The van der Waals surface area contributed by atoms with E-state index in [1.807, 2.05) is 0 Å². The number of methoxy groups -OCH3 is 1. The number of Topliss-reactive ketones (excluding diaryl/α,β-unsaturated/α-hetero) is 1. The van der Waals surface area contributed by atoms with E-state index in [0.717, 1.165) is 0 Å². The molecule has 0 aliphatic heterocycles. The predicted octanol–water partition coefficient (Wildman–Crippen LogP) is 4.28. The van der Waals surface area contributed by atoms with Gasteiger partial charge in [-0.3, -0.25) is 4.79 Å². The molecule has 2 aromatic rings. The Morgan fingerprint density at radius 3 is 2.43 bits per heavy atom. The van der Waals surface area contributed by atoms with Gasteiger partial charge in [0.1, 0.15) is 11.6 Å². The largest absolute Gasteiger partial charge is 0.380 e. The molecule has 0 spiro atoms. The molecule has 0 aromatic heterocycles. The van der Waals surface area contributed by atoms with Crippen LogP contribution in [0.25, 0.3) is 5.57 Å². The van der Waals surface area contributed by atoms with Gasteiger partial charge in [-0.05, 0) is 59.5 Å². The van der Waals surface area contributed by atoms with E-state index in [2.05, 4.69) is 6.58 Å². The number of ketones is 1. The van der Waals surface area contributed by atoms with E-state index in [-0.39, 0.29) is 12.4 Å². The summed E-state index contributed by atoms with van der Waals surface area (Å²) in [6.45, 7) is 5.94. The summed E-state index contributed by atoms with van der Waals surface area (Å²) in [5.74, 6) is -1.08. The first-order valence-electron chi connectivity index (χ1n) is 7.21. The Morgan fingerprint density at radius 1 is 1.09 bits per heavy atom. The number of benzene rings is 2. The average Bonchev–Trinajstić information content (AvgIpc) is 2.72. The first-order valence-corrected chi connectivity index (χ1v) is 7.21. The highest BCUT2D eigenvalue weighted by Gasteiger charge is 2.47.